The Morgan fingerprint density at radius 3 is 2.43 bits per heavy atom. The van der Waals surface area contributed by atoms with Gasteiger partial charge in [0.05, 0.1) is 29.5 Å². The summed E-state index contributed by atoms with van der Waals surface area (Å²) in [5.41, 5.74) is 1.29. The number of pyridine rings is 1. The standard InChI is InChI=1S/C29H31ClN10O4/c1-29(2,42)16-44-28(41)40(23-9-4-17(11-32-23)19-13-34-27(43-3)35-14-19)21-7-5-20(6-8-21)37-26-33-12-18(10-31)24(38-26)25-22(30)15-36-39-25/h4,9,11-15,20-21,42H,5-8,16H2,1-3H3,(H,36,39)(H,33,37,38)/t20-,21-. The third-order valence-corrected chi connectivity index (χ3v) is 7.29. The molecular formula is C29H31ClN10O4. The van der Waals surface area contributed by atoms with Crippen LogP contribution in [-0.2, 0) is 4.74 Å². The summed E-state index contributed by atoms with van der Waals surface area (Å²) in [6.45, 7) is 2.98. The van der Waals surface area contributed by atoms with Crippen LogP contribution in [0.4, 0.5) is 16.6 Å². The Labute approximate surface area is 258 Å². The molecule has 1 amide bonds. The predicted octanol–water partition coefficient (Wildman–Crippen LogP) is 4.39. The topological polar surface area (TPSA) is 188 Å². The van der Waals surface area contributed by atoms with Gasteiger partial charge in [0.1, 0.15) is 29.9 Å². The number of nitriles is 1. The highest BCUT2D eigenvalue weighted by molar-refractivity contribution is 6.32. The predicted molar refractivity (Wildman–Crippen MR) is 161 cm³/mol. The zero-order valence-corrected chi connectivity index (χ0v) is 25.1. The van der Waals surface area contributed by atoms with Crippen molar-refractivity contribution in [3.8, 4) is 34.6 Å². The second kappa shape index (κ2) is 13.2. The maximum absolute atomic E-state index is 13.4. The van der Waals surface area contributed by atoms with Crippen LogP contribution in [0.5, 0.6) is 6.01 Å². The monoisotopic (exact) mass is 618 g/mol. The van der Waals surface area contributed by atoms with E-state index in [-0.39, 0.29) is 30.3 Å². The molecule has 4 heterocycles. The van der Waals surface area contributed by atoms with Crippen molar-refractivity contribution in [2.75, 3.05) is 23.9 Å². The van der Waals surface area contributed by atoms with E-state index in [1.165, 1.54) is 19.5 Å². The highest BCUT2D eigenvalue weighted by atomic mass is 35.5. The SMILES string of the molecule is COc1ncc(-c2ccc(N(C(=O)OCC(C)(C)O)[C@H]3CC[C@H](Nc4ncc(C#N)c(-c5n[nH]cc5Cl)n4)CC3)nc2)cn1. The van der Waals surface area contributed by atoms with Gasteiger partial charge in [-0.15, -0.1) is 0 Å². The first kappa shape index (κ1) is 30.6. The van der Waals surface area contributed by atoms with Gasteiger partial charge in [0.15, 0.2) is 0 Å². The van der Waals surface area contributed by atoms with Crippen LogP contribution in [0.1, 0.15) is 45.1 Å². The van der Waals surface area contributed by atoms with Crippen molar-refractivity contribution in [2.24, 2.45) is 0 Å². The number of H-pyrrole nitrogens is 1. The number of rotatable bonds is 9. The van der Waals surface area contributed by atoms with E-state index in [0.717, 1.165) is 11.1 Å². The Kier molecular flexibility index (Phi) is 9.17. The summed E-state index contributed by atoms with van der Waals surface area (Å²) in [6, 6.07) is 5.74. The molecule has 1 fully saturated rings. The van der Waals surface area contributed by atoms with E-state index >= 15 is 0 Å². The molecule has 0 saturated heterocycles. The summed E-state index contributed by atoms with van der Waals surface area (Å²) in [4.78, 5) is 36.6. The summed E-state index contributed by atoms with van der Waals surface area (Å²) in [6.07, 6.45) is 9.96. The molecule has 4 aromatic heterocycles. The average Bonchev–Trinajstić information content (AvgIpc) is 3.46. The number of ether oxygens (including phenoxy) is 2. The molecule has 14 nitrogen and oxygen atoms in total. The Balaban J connectivity index is 1.30. The molecule has 0 unspecified atom stereocenters. The molecule has 0 aromatic carbocycles. The number of aromatic nitrogens is 7. The molecule has 1 aliphatic carbocycles. The van der Waals surface area contributed by atoms with Crippen LogP contribution in [0.2, 0.25) is 5.02 Å². The molecular weight excluding hydrogens is 588 g/mol. The maximum Gasteiger partial charge on any atom is 0.415 e. The van der Waals surface area contributed by atoms with Crippen molar-refractivity contribution in [3.05, 3.63) is 53.7 Å². The normalized spacial score (nSPS) is 16.5. The molecule has 3 N–H and O–H groups in total. The fourth-order valence-corrected chi connectivity index (χ4v) is 5.00. The van der Waals surface area contributed by atoms with Gasteiger partial charge in [-0.1, -0.05) is 11.6 Å². The molecule has 15 heteroatoms. The highest BCUT2D eigenvalue weighted by Crippen LogP contribution is 2.31. The number of nitrogens with one attached hydrogen (secondary N) is 2. The number of methoxy groups -OCH3 is 1. The summed E-state index contributed by atoms with van der Waals surface area (Å²) in [7, 11) is 1.50. The van der Waals surface area contributed by atoms with Gasteiger partial charge in [-0.05, 0) is 51.7 Å². The van der Waals surface area contributed by atoms with Crippen molar-refractivity contribution in [1.82, 2.24) is 35.1 Å². The van der Waals surface area contributed by atoms with Gasteiger partial charge in [0.25, 0.3) is 0 Å². The third-order valence-electron chi connectivity index (χ3n) is 7.01. The van der Waals surface area contributed by atoms with Gasteiger partial charge >= 0.3 is 12.1 Å². The summed E-state index contributed by atoms with van der Waals surface area (Å²) >= 11 is 6.21. The molecule has 0 atom stereocenters. The van der Waals surface area contributed by atoms with Crippen molar-refractivity contribution in [2.45, 2.75) is 57.2 Å². The molecule has 0 spiro atoms. The second-order valence-electron chi connectivity index (χ2n) is 10.9. The number of halogens is 1. The summed E-state index contributed by atoms with van der Waals surface area (Å²) in [5.74, 6) is 0.777. The lowest BCUT2D eigenvalue weighted by atomic mass is 9.90. The van der Waals surface area contributed by atoms with Crippen molar-refractivity contribution < 1.29 is 19.4 Å². The number of carbonyl (C=O) groups excluding carboxylic acids is 1. The molecule has 1 aliphatic rings. The zero-order valence-electron chi connectivity index (χ0n) is 24.4. The number of hydrogen-bond donors (Lipinski definition) is 3. The number of aromatic amines is 1. The number of amides is 1. The van der Waals surface area contributed by atoms with Crippen molar-refractivity contribution >= 4 is 29.5 Å². The van der Waals surface area contributed by atoms with E-state index in [9.17, 15) is 15.2 Å². The first-order valence-electron chi connectivity index (χ1n) is 13.9. The molecule has 44 heavy (non-hydrogen) atoms. The Morgan fingerprint density at radius 2 is 1.84 bits per heavy atom. The van der Waals surface area contributed by atoms with Crippen LogP contribution in [0.15, 0.2) is 43.1 Å². The zero-order chi connectivity index (χ0) is 31.3. The van der Waals surface area contributed by atoms with E-state index < -0.39 is 11.7 Å². The number of carbonyl (C=O) groups is 1. The van der Waals surface area contributed by atoms with E-state index in [1.807, 2.05) is 6.07 Å². The minimum atomic E-state index is -1.19. The maximum atomic E-state index is 13.4. The van der Waals surface area contributed by atoms with Crippen LogP contribution in [-0.4, -0.2) is 77.7 Å². The fraction of sp³-hybridized carbons (Fsp3) is 0.379. The van der Waals surface area contributed by atoms with E-state index in [2.05, 4.69) is 46.5 Å². The lowest BCUT2D eigenvalue weighted by Gasteiger charge is -2.36. The van der Waals surface area contributed by atoms with Gasteiger partial charge in [0, 0.05) is 48.0 Å². The first-order valence-corrected chi connectivity index (χ1v) is 14.3. The van der Waals surface area contributed by atoms with Gasteiger partial charge < -0.3 is 19.9 Å². The average molecular weight is 619 g/mol. The summed E-state index contributed by atoms with van der Waals surface area (Å²) < 4.78 is 10.5. The Morgan fingerprint density at radius 1 is 1.11 bits per heavy atom. The molecule has 4 aromatic rings. The molecule has 228 valence electrons. The van der Waals surface area contributed by atoms with Crippen LogP contribution in [0.3, 0.4) is 0 Å². The van der Waals surface area contributed by atoms with Gasteiger partial charge in [-0.3, -0.25) is 10.00 Å². The van der Waals surface area contributed by atoms with E-state index in [1.54, 1.807) is 43.4 Å². The van der Waals surface area contributed by atoms with Crippen molar-refractivity contribution in [3.63, 3.8) is 0 Å². The number of nitrogens with zero attached hydrogens (tertiary/aromatic N) is 8. The van der Waals surface area contributed by atoms with Gasteiger partial charge in [-0.25, -0.2) is 29.7 Å². The minimum absolute atomic E-state index is 0.0151. The van der Waals surface area contributed by atoms with Crippen LogP contribution in [0.25, 0.3) is 22.5 Å². The molecule has 0 radical (unpaired) electrons. The highest BCUT2D eigenvalue weighted by Gasteiger charge is 2.33. The molecule has 0 bridgehead atoms. The largest absolute Gasteiger partial charge is 0.467 e. The molecule has 1 saturated carbocycles. The Hall–Kier alpha value is -4.87. The lowest BCUT2D eigenvalue weighted by molar-refractivity contribution is 0.00808. The van der Waals surface area contributed by atoms with Gasteiger partial charge in [-0.2, -0.15) is 10.4 Å². The fourth-order valence-electron chi connectivity index (χ4n) is 4.82. The molecule has 0 aliphatic heterocycles. The first-order chi connectivity index (χ1) is 21.1. The van der Waals surface area contributed by atoms with Crippen LogP contribution < -0.4 is 15.0 Å². The van der Waals surface area contributed by atoms with Crippen molar-refractivity contribution in [1.29, 1.82) is 5.26 Å². The van der Waals surface area contributed by atoms with E-state index in [0.29, 0.717) is 53.9 Å². The smallest absolute Gasteiger partial charge is 0.415 e. The van der Waals surface area contributed by atoms with E-state index in [4.69, 9.17) is 21.1 Å². The summed E-state index contributed by atoms with van der Waals surface area (Å²) in [5, 5.41) is 30.1. The molecule has 5 rings (SSSR count). The minimum Gasteiger partial charge on any atom is -0.467 e. The number of hydrogen-bond acceptors (Lipinski definition) is 12. The van der Waals surface area contributed by atoms with Gasteiger partial charge in [0.2, 0.25) is 5.95 Å². The third kappa shape index (κ3) is 7.19. The Bertz CT molecular complexity index is 1630. The van der Waals surface area contributed by atoms with Crippen LogP contribution in [0, 0.1) is 11.3 Å². The van der Waals surface area contributed by atoms with Crippen LogP contribution >= 0.6 is 11.6 Å². The second-order valence-corrected chi connectivity index (χ2v) is 11.3. The number of anilines is 2. The lowest BCUT2D eigenvalue weighted by Crippen LogP contribution is -2.46. The number of aliphatic hydroxyl groups is 1. The quantitative estimate of drug-likeness (QED) is 0.240.